The highest BCUT2D eigenvalue weighted by Crippen LogP contribution is 2.51. The third-order valence-corrected chi connectivity index (χ3v) is 7.40. The summed E-state index contributed by atoms with van der Waals surface area (Å²) >= 11 is 0. The number of aliphatic hydroxyl groups excluding tert-OH is 4. The molecule has 37 heavy (non-hydrogen) atoms. The van der Waals surface area contributed by atoms with Gasteiger partial charge < -0.3 is 54.0 Å². The lowest BCUT2D eigenvalue weighted by Gasteiger charge is -2.39. The Morgan fingerprint density at radius 2 is 1.38 bits per heavy atom. The minimum absolute atomic E-state index is 0.0689. The number of benzene rings is 2. The number of phenolic OH excluding ortho intramolecular Hbond substituents is 1. The first-order valence-electron chi connectivity index (χ1n) is 12.1. The van der Waals surface area contributed by atoms with Crippen molar-refractivity contribution in [2.24, 2.45) is 11.8 Å². The molecule has 0 bridgehead atoms. The molecule has 3 heterocycles. The van der Waals surface area contributed by atoms with Gasteiger partial charge in [-0.15, -0.1) is 0 Å². The summed E-state index contributed by atoms with van der Waals surface area (Å²) in [5.41, 5.74) is 1.77. The van der Waals surface area contributed by atoms with E-state index in [1.54, 1.807) is 24.3 Å². The lowest BCUT2D eigenvalue weighted by Crippen LogP contribution is -2.60. The molecule has 0 radical (unpaired) electrons. The normalized spacial score (nSPS) is 35.2. The molecule has 0 aliphatic carbocycles. The van der Waals surface area contributed by atoms with Crippen LogP contribution in [-0.2, 0) is 14.2 Å². The number of aromatic hydroxyl groups is 1. The van der Waals surface area contributed by atoms with Crippen molar-refractivity contribution in [1.29, 1.82) is 0 Å². The van der Waals surface area contributed by atoms with Gasteiger partial charge in [-0.05, 0) is 35.4 Å². The molecular weight excluding hydrogens is 488 g/mol. The maximum Gasteiger partial charge on any atom is 0.229 e. The number of fused-ring (bicyclic) bond motifs is 1. The third-order valence-electron chi connectivity index (χ3n) is 7.40. The predicted octanol–water partition coefficient (Wildman–Crippen LogP) is 0.663. The van der Waals surface area contributed by atoms with Gasteiger partial charge in [0.25, 0.3) is 0 Å². The van der Waals surface area contributed by atoms with Crippen molar-refractivity contribution in [3.8, 4) is 23.0 Å². The Morgan fingerprint density at radius 3 is 1.97 bits per heavy atom. The van der Waals surface area contributed by atoms with E-state index in [1.807, 2.05) is 12.1 Å². The molecule has 3 aliphatic heterocycles. The molecule has 11 heteroatoms. The molecule has 0 aromatic heterocycles. The average Bonchev–Trinajstić information content (AvgIpc) is 3.52. The molecular formula is C26H32O11. The minimum Gasteiger partial charge on any atom is -0.504 e. The van der Waals surface area contributed by atoms with Gasteiger partial charge in [0.05, 0.1) is 46.2 Å². The zero-order chi connectivity index (χ0) is 26.3. The van der Waals surface area contributed by atoms with Crippen LogP contribution in [0.4, 0.5) is 0 Å². The fourth-order valence-electron chi connectivity index (χ4n) is 5.35. The largest absolute Gasteiger partial charge is 0.504 e. The van der Waals surface area contributed by atoms with Crippen LogP contribution in [0.3, 0.4) is 0 Å². The second kappa shape index (κ2) is 10.6. The van der Waals surface area contributed by atoms with E-state index in [0.717, 1.165) is 11.1 Å². The Morgan fingerprint density at radius 1 is 0.784 bits per heavy atom. The molecule has 202 valence electrons. The van der Waals surface area contributed by atoms with Crippen LogP contribution in [0, 0.1) is 11.8 Å². The van der Waals surface area contributed by atoms with Gasteiger partial charge in [0.2, 0.25) is 6.29 Å². The lowest BCUT2D eigenvalue weighted by atomic mass is 9.85. The number of hydrogen-bond donors (Lipinski definition) is 5. The van der Waals surface area contributed by atoms with Gasteiger partial charge in [-0.1, -0.05) is 12.1 Å². The quantitative estimate of drug-likeness (QED) is 0.349. The van der Waals surface area contributed by atoms with Crippen LogP contribution in [0.1, 0.15) is 23.3 Å². The highest BCUT2D eigenvalue weighted by atomic mass is 16.7. The third kappa shape index (κ3) is 4.72. The molecule has 0 saturated carbocycles. The van der Waals surface area contributed by atoms with Crippen LogP contribution in [0.2, 0.25) is 0 Å². The zero-order valence-corrected chi connectivity index (χ0v) is 20.5. The first kappa shape index (κ1) is 26.0. The van der Waals surface area contributed by atoms with Gasteiger partial charge in [-0.25, -0.2) is 0 Å². The topological polar surface area (TPSA) is 157 Å². The van der Waals surface area contributed by atoms with Crippen LogP contribution >= 0.6 is 0 Å². The van der Waals surface area contributed by atoms with Crippen LogP contribution in [0.15, 0.2) is 36.4 Å². The summed E-state index contributed by atoms with van der Waals surface area (Å²) in [7, 11) is 2.98. The first-order valence-corrected chi connectivity index (χ1v) is 12.1. The van der Waals surface area contributed by atoms with E-state index >= 15 is 0 Å². The molecule has 9 atom stereocenters. The van der Waals surface area contributed by atoms with Crippen molar-refractivity contribution in [2.45, 2.75) is 42.9 Å². The Kier molecular flexibility index (Phi) is 7.46. The Balaban J connectivity index is 1.32. The van der Waals surface area contributed by atoms with E-state index in [2.05, 4.69) is 0 Å². The Labute approximate surface area is 213 Å². The Bertz CT molecular complexity index is 1090. The van der Waals surface area contributed by atoms with Crippen LogP contribution in [-0.4, -0.2) is 90.3 Å². The van der Waals surface area contributed by atoms with Gasteiger partial charge in [-0.2, -0.15) is 0 Å². The summed E-state index contributed by atoms with van der Waals surface area (Å²) in [5.74, 6) is 1.27. The fourth-order valence-corrected chi connectivity index (χ4v) is 5.35. The lowest BCUT2D eigenvalue weighted by molar-refractivity contribution is -0.277. The number of hydrogen-bond acceptors (Lipinski definition) is 11. The van der Waals surface area contributed by atoms with Crippen LogP contribution < -0.4 is 14.2 Å². The molecule has 3 fully saturated rings. The molecule has 3 aliphatic rings. The molecule has 5 N–H and O–H groups in total. The van der Waals surface area contributed by atoms with Crippen molar-refractivity contribution in [3.63, 3.8) is 0 Å². The number of rotatable bonds is 7. The van der Waals surface area contributed by atoms with E-state index in [9.17, 15) is 25.5 Å². The first-order chi connectivity index (χ1) is 17.9. The zero-order valence-electron chi connectivity index (χ0n) is 20.5. The summed E-state index contributed by atoms with van der Waals surface area (Å²) in [5, 5.41) is 49.7. The van der Waals surface area contributed by atoms with Crippen molar-refractivity contribution >= 4 is 0 Å². The fraction of sp³-hybridized carbons (Fsp3) is 0.538. The summed E-state index contributed by atoms with van der Waals surface area (Å²) in [6.07, 6.45) is -7.41. The van der Waals surface area contributed by atoms with Gasteiger partial charge in [0, 0.05) is 11.8 Å². The maximum absolute atomic E-state index is 10.3. The summed E-state index contributed by atoms with van der Waals surface area (Å²) in [6, 6.07) is 10.5. The van der Waals surface area contributed by atoms with Gasteiger partial charge >= 0.3 is 0 Å². The average molecular weight is 521 g/mol. The SMILES string of the molecule is COc1cc([C@@H]2OC[C@@H]3[C@H]2CO[C@H]3c2ccc(O[C@@H]3O[C@H](CO)[C@@H](O)[C@H](O)[C@H]3O)c(OC)c2)ccc1O. The number of aliphatic hydroxyl groups is 4. The van der Waals surface area contributed by atoms with Crippen LogP contribution in [0.5, 0.6) is 23.0 Å². The molecule has 3 saturated heterocycles. The number of phenols is 1. The van der Waals surface area contributed by atoms with E-state index in [4.69, 9.17) is 28.4 Å². The molecule has 0 spiro atoms. The van der Waals surface area contributed by atoms with Gasteiger partial charge in [0.1, 0.15) is 24.4 Å². The highest BCUT2D eigenvalue weighted by Gasteiger charge is 2.49. The van der Waals surface area contributed by atoms with Gasteiger partial charge in [0.15, 0.2) is 23.0 Å². The molecule has 0 unspecified atom stereocenters. The predicted molar refractivity (Wildman–Crippen MR) is 126 cm³/mol. The standard InChI is InChI=1S/C26H32O11/c1-32-18-7-12(3-5-16(18)28)24-14-10-35-25(15(14)11-34-24)13-4-6-17(19(8-13)33-2)36-26-23(31)22(30)21(29)20(9-27)37-26/h3-8,14-15,20-31H,9-11H2,1-2H3/t14-,15-,20-,21-,22+,23-,24+,25+,26-/m1/s1. The van der Waals surface area contributed by atoms with Crippen molar-refractivity contribution in [3.05, 3.63) is 47.5 Å². The summed E-state index contributed by atoms with van der Waals surface area (Å²) in [4.78, 5) is 0. The monoisotopic (exact) mass is 520 g/mol. The maximum atomic E-state index is 10.3. The van der Waals surface area contributed by atoms with E-state index < -0.39 is 37.3 Å². The van der Waals surface area contributed by atoms with Crippen LogP contribution in [0.25, 0.3) is 0 Å². The Hall–Kier alpha value is -2.64. The second-order valence-electron chi connectivity index (χ2n) is 9.49. The molecule has 11 nitrogen and oxygen atoms in total. The molecule has 0 amide bonds. The molecule has 5 rings (SSSR count). The van der Waals surface area contributed by atoms with E-state index in [-0.39, 0.29) is 35.5 Å². The van der Waals surface area contributed by atoms with Crippen molar-refractivity contribution in [1.82, 2.24) is 0 Å². The minimum atomic E-state index is -1.55. The van der Waals surface area contributed by atoms with E-state index in [1.165, 1.54) is 14.2 Å². The van der Waals surface area contributed by atoms with Crippen molar-refractivity contribution in [2.75, 3.05) is 34.0 Å². The van der Waals surface area contributed by atoms with Crippen molar-refractivity contribution < 1.29 is 54.0 Å². The smallest absolute Gasteiger partial charge is 0.229 e. The number of ether oxygens (including phenoxy) is 6. The summed E-state index contributed by atoms with van der Waals surface area (Å²) < 4.78 is 34.3. The summed E-state index contributed by atoms with van der Waals surface area (Å²) in [6.45, 7) is 0.436. The van der Waals surface area contributed by atoms with E-state index in [0.29, 0.717) is 24.7 Å². The number of methoxy groups -OCH3 is 2. The molecule has 2 aromatic carbocycles. The van der Waals surface area contributed by atoms with Gasteiger partial charge in [-0.3, -0.25) is 0 Å². The molecule has 2 aromatic rings. The second-order valence-corrected chi connectivity index (χ2v) is 9.49. The highest BCUT2D eigenvalue weighted by molar-refractivity contribution is 5.45.